The molecule has 0 saturated carbocycles. The number of likely N-dealkylation sites (tertiary alicyclic amines) is 1. The minimum Gasteiger partial charge on any atom is -0.506 e. The summed E-state index contributed by atoms with van der Waals surface area (Å²) in [6, 6.07) is 7.74. The summed E-state index contributed by atoms with van der Waals surface area (Å²) in [6.07, 6.45) is 2.63. The van der Waals surface area contributed by atoms with E-state index in [1.807, 2.05) is 6.07 Å². The van der Waals surface area contributed by atoms with Crippen molar-refractivity contribution in [1.82, 2.24) is 9.88 Å². The molecule has 1 aromatic heterocycles. The van der Waals surface area contributed by atoms with Gasteiger partial charge in [0.2, 0.25) is 0 Å². The zero-order valence-corrected chi connectivity index (χ0v) is 15.5. The number of rotatable bonds is 7. The van der Waals surface area contributed by atoms with Crippen LogP contribution in [-0.4, -0.2) is 46.3 Å². The summed E-state index contributed by atoms with van der Waals surface area (Å²) in [7, 11) is 0. The molecule has 3 rings (SSSR count). The van der Waals surface area contributed by atoms with Gasteiger partial charge in [-0.15, -0.1) is 0 Å². The molecule has 0 amide bonds. The number of pyridine rings is 1. The van der Waals surface area contributed by atoms with Gasteiger partial charge in [-0.3, -0.25) is 4.98 Å². The molecule has 2 aromatic rings. The highest BCUT2D eigenvalue weighted by molar-refractivity contribution is 5.20. The highest BCUT2D eigenvalue weighted by Gasteiger charge is 2.32. The zero-order valence-electron chi connectivity index (χ0n) is 15.5. The molecule has 1 unspecified atom stereocenters. The van der Waals surface area contributed by atoms with Crippen LogP contribution in [0.5, 0.6) is 5.75 Å². The Balaban J connectivity index is 1.57. The first-order valence-corrected chi connectivity index (χ1v) is 9.39. The Morgan fingerprint density at radius 2 is 1.96 bits per heavy atom. The highest BCUT2D eigenvalue weighted by atomic mass is 19.2. The second-order valence-corrected chi connectivity index (χ2v) is 7.52. The second-order valence-electron chi connectivity index (χ2n) is 7.52. The lowest BCUT2D eigenvalue weighted by Gasteiger charge is -2.20. The third-order valence-electron chi connectivity index (χ3n) is 5.51. The molecule has 2 heterocycles. The Bertz CT molecular complexity index is 754. The molecule has 3 atom stereocenters. The maximum Gasteiger partial charge on any atom is 0.162 e. The molecule has 4 nitrogen and oxygen atoms in total. The second kappa shape index (κ2) is 8.76. The normalized spacial score (nSPS) is 21.5. The number of aromatic hydroxyl groups is 1. The van der Waals surface area contributed by atoms with Crippen molar-refractivity contribution in [3.8, 4) is 5.75 Å². The maximum absolute atomic E-state index is 13.9. The molecule has 0 bridgehead atoms. The van der Waals surface area contributed by atoms with Gasteiger partial charge in [-0.25, -0.2) is 8.78 Å². The molecule has 1 aromatic carbocycles. The lowest BCUT2D eigenvalue weighted by Crippen LogP contribution is -2.26. The fourth-order valence-electron chi connectivity index (χ4n) is 3.97. The van der Waals surface area contributed by atoms with E-state index < -0.39 is 11.6 Å². The van der Waals surface area contributed by atoms with Crippen LogP contribution < -0.4 is 0 Å². The monoisotopic (exact) mass is 376 g/mol. The molecular formula is C21H26F2N2O2. The predicted molar refractivity (Wildman–Crippen MR) is 99.5 cm³/mol. The zero-order chi connectivity index (χ0) is 19.4. The van der Waals surface area contributed by atoms with E-state index in [1.54, 1.807) is 12.1 Å². The van der Waals surface area contributed by atoms with Crippen LogP contribution in [0.3, 0.4) is 0 Å². The van der Waals surface area contributed by atoms with Crippen molar-refractivity contribution < 1.29 is 19.0 Å². The van der Waals surface area contributed by atoms with Crippen LogP contribution in [0, 0.1) is 23.5 Å². The first kappa shape index (κ1) is 19.7. The van der Waals surface area contributed by atoms with Gasteiger partial charge < -0.3 is 15.1 Å². The number of nitrogens with zero attached hydrogens (tertiary/aromatic N) is 2. The molecule has 0 radical (unpaired) electrons. The molecule has 6 heteroatoms. The van der Waals surface area contributed by atoms with Gasteiger partial charge in [0.25, 0.3) is 0 Å². The van der Waals surface area contributed by atoms with Crippen molar-refractivity contribution in [1.29, 1.82) is 0 Å². The van der Waals surface area contributed by atoms with E-state index in [0.29, 0.717) is 18.4 Å². The molecule has 1 fully saturated rings. The Hall–Kier alpha value is -2.05. The van der Waals surface area contributed by atoms with Gasteiger partial charge in [0.15, 0.2) is 11.6 Å². The van der Waals surface area contributed by atoms with E-state index in [9.17, 15) is 19.0 Å². The third-order valence-corrected chi connectivity index (χ3v) is 5.51. The summed E-state index contributed by atoms with van der Waals surface area (Å²) < 4.78 is 27.2. The first-order valence-electron chi connectivity index (χ1n) is 9.39. The molecule has 1 saturated heterocycles. The minimum absolute atomic E-state index is 0.0959. The molecule has 0 aliphatic carbocycles. The molecule has 27 heavy (non-hydrogen) atoms. The van der Waals surface area contributed by atoms with Crippen molar-refractivity contribution in [2.45, 2.75) is 25.7 Å². The minimum atomic E-state index is -0.811. The Kier molecular flexibility index (Phi) is 6.39. The quantitative estimate of drug-likeness (QED) is 0.778. The largest absolute Gasteiger partial charge is 0.506 e. The Morgan fingerprint density at radius 1 is 1.19 bits per heavy atom. The lowest BCUT2D eigenvalue weighted by molar-refractivity contribution is 0.196. The highest BCUT2D eigenvalue weighted by Crippen LogP contribution is 2.30. The Morgan fingerprint density at radius 3 is 2.67 bits per heavy atom. The number of aromatic nitrogens is 1. The van der Waals surface area contributed by atoms with E-state index in [4.69, 9.17) is 0 Å². The van der Waals surface area contributed by atoms with Crippen molar-refractivity contribution in [2.24, 2.45) is 11.8 Å². The first-order chi connectivity index (χ1) is 13.0. The molecule has 1 aliphatic heterocycles. The number of hydrogen-bond donors (Lipinski definition) is 2. The number of benzene rings is 1. The Labute approximate surface area is 158 Å². The molecule has 0 spiro atoms. The van der Waals surface area contributed by atoms with Gasteiger partial charge in [-0.2, -0.15) is 0 Å². The lowest BCUT2D eigenvalue weighted by atomic mass is 9.90. The van der Waals surface area contributed by atoms with Crippen LogP contribution in [0.1, 0.15) is 30.5 Å². The van der Waals surface area contributed by atoms with Crippen LogP contribution in [-0.2, 0) is 6.42 Å². The van der Waals surface area contributed by atoms with Gasteiger partial charge in [0.05, 0.1) is 6.20 Å². The molecule has 1 aliphatic rings. The summed E-state index contributed by atoms with van der Waals surface area (Å²) in [4.78, 5) is 6.57. The maximum atomic E-state index is 13.9. The SMILES string of the molecule is CC(CN1C[C@@H](CCc2cccc(F)c2F)[C@@H](CO)C1)c1ccc(O)cn1. The van der Waals surface area contributed by atoms with E-state index in [2.05, 4.69) is 16.8 Å². The van der Waals surface area contributed by atoms with Gasteiger partial charge in [-0.05, 0) is 48.4 Å². The third kappa shape index (κ3) is 4.82. The summed E-state index contributed by atoms with van der Waals surface area (Å²) in [6.45, 7) is 4.60. The van der Waals surface area contributed by atoms with Gasteiger partial charge in [0.1, 0.15) is 5.75 Å². The van der Waals surface area contributed by atoms with E-state index in [1.165, 1.54) is 12.3 Å². The topological polar surface area (TPSA) is 56.6 Å². The van der Waals surface area contributed by atoms with Gasteiger partial charge in [-0.1, -0.05) is 19.1 Å². The number of aliphatic hydroxyl groups is 1. The number of halogens is 2. The number of aryl methyl sites for hydroxylation is 1. The van der Waals surface area contributed by atoms with Crippen LogP contribution in [0.4, 0.5) is 8.78 Å². The average molecular weight is 376 g/mol. The van der Waals surface area contributed by atoms with Gasteiger partial charge >= 0.3 is 0 Å². The number of hydrogen-bond acceptors (Lipinski definition) is 4. The fourth-order valence-corrected chi connectivity index (χ4v) is 3.97. The fraction of sp³-hybridized carbons (Fsp3) is 0.476. The van der Waals surface area contributed by atoms with Gasteiger partial charge in [0, 0.05) is 37.9 Å². The average Bonchev–Trinajstić information content (AvgIpc) is 3.05. The smallest absolute Gasteiger partial charge is 0.162 e. The summed E-state index contributed by atoms with van der Waals surface area (Å²) in [5.74, 6) is -0.838. The van der Waals surface area contributed by atoms with Crippen molar-refractivity contribution >= 4 is 0 Å². The molecule has 2 N–H and O–H groups in total. The van der Waals surface area contributed by atoms with Crippen molar-refractivity contribution in [2.75, 3.05) is 26.2 Å². The predicted octanol–water partition coefficient (Wildman–Crippen LogP) is 3.34. The van der Waals surface area contributed by atoms with Crippen LogP contribution in [0.15, 0.2) is 36.5 Å². The van der Waals surface area contributed by atoms with Crippen molar-refractivity contribution in [3.63, 3.8) is 0 Å². The standard InChI is InChI=1S/C21H26F2N2O2/c1-14(20-8-7-18(27)9-24-20)10-25-11-16(17(12-25)13-26)6-5-15-3-2-4-19(22)21(15)23/h2-4,7-9,14,16-17,26-27H,5-6,10-13H2,1H3/t14?,16-,17-/m1/s1. The van der Waals surface area contributed by atoms with Crippen LogP contribution in [0.25, 0.3) is 0 Å². The van der Waals surface area contributed by atoms with E-state index in [0.717, 1.165) is 31.4 Å². The number of aliphatic hydroxyl groups excluding tert-OH is 1. The molecular weight excluding hydrogens is 350 g/mol. The van der Waals surface area contributed by atoms with Crippen LogP contribution >= 0.6 is 0 Å². The van der Waals surface area contributed by atoms with Crippen molar-refractivity contribution in [3.05, 3.63) is 59.4 Å². The molecule has 146 valence electrons. The van der Waals surface area contributed by atoms with E-state index >= 15 is 0 Å². The summed E-state index contributed by atoms with van der Waals surface area (Å²) >= 11 is 0. The van der Waals surface area contributed by atoms with Crippen LogP contribution in [0.2, 0.25) is 0 Å². The summed E-state index contributed by atoms with van der Waals surface area (Å²) in [5, 5.41) is 19.1. The summed E-state index contributed by atoms with van der Waals surface area (Å²) in [5.41, 5.74) is 1.31. The van der Waals surface area contributed by atoms with E-state index in [-0.39, 0.29) is 30.1 Å².